The van der Waals surface area contributed by atoms with Crippen LogP contribution in [0.15, 0.2) is 71.7 Å². The smallest absolute Gasteiger partial charge is 0.193 e. The van der Waals surface area contributed by atoms with Crippen molar-refractivity contribution in [3.8, 4) is 0 Å². The van der Waals surface area contributed by atoms with Crippen LogP contribution in [0.2, 0.25) is 90.7 Å². The summed E-state index contributed by atoms with van der Waals surface area (Å²) < 4.78 is 113. The van der Waals surface area contributed by atoms with E-state index in [1.165, 1.54) is 0 Å². The van der Waals surface area contributed by atoms with Crippen LogP contribution in [-0.2, 0) is 60.4 Å². The van der Waals surface area contributed by atoms with Crippen LogP contribution < -0.4 is 0 Å². The summed E-state index contributed by atoms with van der Waals surface area (Å²) in [5.41, 5.74) is 2.00. The molecule has 0 aromatic heterocycles. The van der Waals surface area contributed by atoms with Crippen LogP contribution in [0.1, 0.15) is 188 Å². The molecule has 5 aliphatic rings. The molecule has 0 spiro atoms. The Kier molecular flexibility index (Phi) is 28.9. The number of ether oxygens (including phenoxy) is 6. The van der Waals surface area contributed by atoms with E-state index in [1.807, 2.05) is 13.0 Å². The van der Waals surface area contributed by atoms with E-state index in [-0.39, 0.29) is 73.8 Å². The van der Waals surface area contributed by atoms with Crippen molar-refractivity contribution in [2.45, 2.75) is 387 Å². The fraction of sp³-hybridized carbons (Fsp3) is 0.844. The van der Waals surface area contributed by atoms with E-state index >= 15 is 8.42 Å². The van der Waals surface area contributed by atoms with Gasteiger partial charge in [0.05, 0.1) is 90.0 Å². The Morgan fingerprint density at radius 3 is 1.72 bits per heavy atom. The lowest BCUT2D eigenvalue weighted by Gasteiger charge is -2.56. The largest absolute Gasteiger partial charge is 0.414 e. The number of benzene rings is 1. The van der Waals surface area contributed by atoms with Gasteiger partial charge in [0.25, 0.3) is 0 Å². The van der Waals surface area contributed by atoms with Crippen molar-refractivity contribution in [3.63, 3.8) is 0 Å². The molecular formula is C77H142O15SSi5. The number of allylic oxidation sites excluding steroid dienone is 1. The summed E-state index contributed by atoms with van der Waals surface area (Å²) in [5.74, 6) is -0.835. The van der Waals surface area contributed by atoms with Crippen LogP contribution in [0, 0.1) is 11.8 Å². The third kappa shape index (κ3) is 20.8. The predicted molar refractivity (Wildman–Crippen MR) is 413 cm³/mol. The zero-order valence-corrected chi connectivity index (χ0v) is 72.5. The van der Waals surface area contributed by atoms with Gasteiger partial charge in [-0.3, -0.25) is 0 Å². The highest BCUT2D eigenvalue weighted by atomic mass is 32.2. The molecule has 0 radical (unpaired) electrons. The van der Waals surface area contributed by atoms with Crippen LogP contribution in [0.4, 0.5) is 0 Å². The molecule has 5 aliphatic heterocycles. The van der Waals surface area contributed by atoms with Crippen molar-refractivity contribution >= 4 is 51.4 Å². The number of hydrogen-bond donors (Lipinski definition) is 2. The Balaban J connectivity index is 1.48. The van der Waals surface area contributed by atoms with Gasteiger partial charge in [0.1, 0.15) is 24.4 Å². The number of methoxy groups -OCH3 is 1. The molecule has 5 saturated heterocycles. The maximum absolute atomic E-state index is 16.3. The minimum absolute atomic E-state index is 0.0114. The highest BCUT2D eigenvalue weighted by Crippen LogP contribution is 2.51. The van der Waals surface area contributed by atoms with Crippen molar-refractivity contribution in [2.75, 3.05) is 20.3 Å². The molecule has 0 saturated carbocycles. The molecular weight excluding hydrogens is 1340 g/mol. The van der Waals surface area contributed by atoms with E-state index in [2.05, 4.69) is 195 Å². The first-order chi connectivity index (χ1) is 44.7. The average molecular weight is 1480 g/mol. The third-order valence-corrected chi connectivity index (χ3v) is 49.8. The van der Waals surface area contributed by atoms with Gasteiger partial charge in [0.15, 0.2) is 51.4 Å². The maximum atomic E-state index is 16.3. The van der Waals surface area contributed by atoms with Crippen molar-refractivity contribution in [1.29, 1.82) is 0 Å². The van der Waals surface area contributed by atoms with Gasteiger partial charge >= 0.3 is 0 Å². The number of fused-ring (bicyclic) bond motifs is 1. The third-order valence-electron chi connectivity index (χ3n) is 25.1. The molecule has 1 aromatic rings. The van der Waals surface area contributed by atoms with Crippen LogP contribution in [0.5, 0.6) is 0 Å². The van der Waals surface area contributed by atoms with E-state index in [4.69, 9.17) is 57.1 Å². The maximum Gasteiger partial charge on any atom is 0.193 e. The molecule has 98 heavy (non-hydrogen) atoms. The summed E-state index contributed by atoms with van der Waals surface area (Å²) in [4.78, 5) is 0.102. The molecule has 21 heteroatoms. The zero-order chi connectivity index (χ0) is 74.1. The average Bonchev–Trinajstić information content (AvgIpc) is 1.09. The van der Waals surface area contributed by atoms with Gasteiger partial charge < -0.3 is 60.8 Å². The van der Waals surface area contributed by atoms with Crippen molar-refractivity contribution in [2.24, 2.45) is 11.8 Å². The first-order valence-corrected chi connectivity index (χ1v) is 53.6. The molecule has 5 heterocycles. The first kappa shape index (κ1) is 85.9. The minimum Gasteiger partial charge on any atom is -0.414 e. The van der Waals surface area contributed by atoms with Crippen LogP contribution in [0.3, 0.4) is 0 Å². The van der Waals surface area contributed by atoms with E-state index in [0.717, 1.165) is 43.3 Å². The molecule has 566 valence electrons. The number of aliphatic hydroxyl groups is 2. The lowest BCUT2D eigenvalue weighted by Crippen LogP contribution is -2.69. The number of aliphatic hydroxyl groups excluding tert-OH is 2. The Bertz CT molecular complexity index is 2870. The molecule has 0 aliphatic carbocycles. The second-order valence-electron chi connectivity index (χ2n) is 37.7. The summed E-state index contributed by atoms with van der Waals surface area (Å²) in [7, 11) is -15.2. The fourth-order valence-corrected chi connectivity index (χ4v) is 22.1. The fourth-order valence-electron chi connectivity index (χ4n) is 13.7. The Hall–Kier alpha value is -1.05. The monoisotopic (exact) mass is 1480 g/mol. The molecule has 2 N–H and O–H groups in total. The van der Waals surface area contributed by atoms with E-state index in [9.17, 15) is 10.2 Å². The standard InChI is InChI=1S/C77H142O15SSi5/c1-31-36-62(90-96(25,26)75(11,12)13)69-71(92-98(29,30)77(17,18)19)70(91-97(27,28)76(14,15)16)68-61(88-69)43-41-56(86-68)47-59(79)72(93(80,81)58-38-33-32-34-39-58)66-64(49-63-53(4)51(2)45-55(85-63)40-42-60-52(3)46-54(84-60)37-35-44-78)87-65(67(66)82-20)48-57(89-95(23,24)74(8,9)10)50-83-94(21,22)73(5,6)7/h31-34,36,38-39,51,54-57,59-72,78-79H,3-4,35,37,40-50H2,1-2,5-30H3/b36-31+/t51-,54?,55+,56-,57+,59?,60+,61+,62+,63?,64?,65?,66?,67+,68+,69+,70+,71-,72?/m1/s1. The van der Waals surface area contributed by atoms with E-state index in [0.29, 0.717) is 32.3 Å². The minimum atomic E-state index is -4.42. The normalized spacial score (nSPS) is 30.8. The predicted octanol–water partition coefficient (Wildman–Crippen LogP) is 17.8. The van der Waals surface area contributed by atoms with Gasteiger partial charge in [-0.15, -0.1) is 0 Å². The lowest BCUT2D eigenvalue weighted by atomic mass is 9.80. The van der Waals surface area contributed by atoms with Crippen molar-refractivity contribution in [3.05, 3.63) is 66.8 Å². The first-order valence-electron chi connectivity index (χ1n) is 37.5. The second kappa shape index (κ2) is 33.0. The molecule has 15 nitrogen and oxygen atoms in total. The topological polar surface area (TPSA) is 176 Å². The summed E-state index contributed by atoms with van der Waals surface area (Å²) in [5, 5.41) is 21.2. The second-order valence-corrected chi connectivity index (χ2v) is 63.6. The van der Waals surface area contributed by atoms with Gasteiger partial charge in [-0.2, -0.15) is 0 Å². The number of hydrogen-bond acceptors (Lipinski definition) is 15. The van der Waals surface area contributed by atoms with E-state index < -0.39 is 142 Å². The van der Waals surface area contributed by atoms with Gasteiger partial charge in [0.2, 0.25) is 0 Å². The van der Waals surface area contributed by atoms with Gasteiger partial charge in [0, 0.05) is 38.9 Å². The molecule has 7 unspecified atom stereocenters. The Morgan fingerprint density at radius 1 is 0.633 bits per heavy atom. The van der Waals surface area contributed by atoms with Crippen LogP contribution in [-0.4, -0.2) is 183 Å². The van der Waals surface area contributed by atoms with Crippen LogP contribution >= 0.6 is 0 Å². The zero-order valence-electron chi connectivity index (χ0n) is 66.7. The molecule has 1 aromatic carbocycles. The van der Waals surface area contributed by atoms with Gasteiger partial charge in [-0.05, 0) is 178 Å². The van der Waals surface area contributed by atoms with Gasteiger partial charge in [-0.1, -0.05) is 154 Å². The molecule has 0 amide bonds. The van der Waals surface area contributed by atoms with Gasteiger partial charge in [-0.25, -0.2) is 8.42 Å². The molecule has 6 rings (SSSR count). The van der Waals surface area contributed by atoms with E-state index in [1.54, 1.807) is 31.4 Å². The number of sulfone groups is 1. The summed E-state index contributed by atoms with van der Waals surface area (Å²) in [6.07, 6.45) is 1.56. The lowest BCUT2D eigenvalue weighted by molar-refractivity contribution is -0.268. The van der Waals surface area contributed by atoms with Crippen LogP contribution in [0.25, 0.3) is 0 Å². The quantitative estimate of drug-likeness (QED) is 0.0549. The SMILES string of the molecule is C=C1C(CC2OC(C[C@@H](CO[Si](C)(C)C(C)(C)C)O[Si](C)(C)C(C)(C)C)[C@H](OC)C2C(C(O)C[C@H]2CC[C@@H]3O[C@@H]([C@H](/C=C/C)O[Si](C)(C)C(C)(C)C)[C@@H](O[Si](C)(C)C(C)(C)C)[C@@H](O[Si](C)(C)C(C)(C)C)[C@H]3O2)S(=O)(=O)c2ccccc2)O[C@@H](CC[C@@H]2OC(CCCO)CC2=C)C[C@H]1C. The Morgan fingerprint density at radius 2 is 1.18 bits per heavy atom. The molecule has 19 atom stereocenters. The summed E-state index contributed by atoms with van der Waals surface area (Å²) >= 11 is 0. The van der Waals surface area contributed by atoms with Crippen molar-refractivity contribution in [1.82, 2.24) is 0 Å². The summed E-state index contributed by atoms with van der Waals surface area (Å²) in [6.45, 7) is 70.3. The summed E-state index contributed by atoms with van der Waals surface area (Å²) in [6, 6.07) is 8.57. The molecule has 5 fully saturated rings. The molecule has 0 bridgehead atoms. The van der Waals surface area contributed by atoms with Crippen molar-refractivity contribution < 1.29 is 69.2 Å². The number of rotatable bonds is 30. The highest BCUT2D eigenvalue weighted by molar-refractivity contribution is 7.92. The highest BCUT2D eigenvalue weighted by Gasteiger charge is 2.61. The Labute approximate surface area is 602 Å².